The average Bonchev–Trinajstić information content (AvgIpc) is 3.18. The molecule has 3 fully saturated rings. The predicted molar refractivity (Wildman–Crippen MR) is 75.5 cm³/mol. The van der Waals surface area contributed by atoms with E-state index >= 15 is 0 Å². The van der Waals surface area contributed by atoms with Crippen LogP contribution in [0.15, 0.2) is 0 Å². The Morgan fingerprint density at radius 2 is 2.30 bits per heavy atom. The summed E-state index contributed by atoms with van der Waals surface area (Å²) in [5.41, 5.74) is 0. The second-order valence-corrected chi connectivity index (χ2v) is 6.24. The summed E-state index contributed by atoms with van der Waals surface area (Å²) in [5.74, 6) is 0.422. The Balaban J connectivity index is 1.22. The molecule has 0 aromatic rings. The zero-order valence-electron chi connectivity index (χ0n) is 12.1. The van der Waals surface area contributed by atoms with Crippen LogP contribution in [0.1, 0.15) is 38.5 Å². The number of ether oxygens (including phenoxy) is 2. The molecule has 0 aliphatic carbocycles. The van der Waals surface area contributed by atoms with E-state index in [1.54, 1.807) is 0 Å². The molecule has 1 amide bonds. The first-order chi connectivity index (χ1) is 9.83. The molecule has 3 aliphatic rings. The summed E-state index contributed by atoms with van der Waals surface area (Å²) >= 11 is 0. The van der Waals surface area contributed by atoms with Gasteiger partial charge >= 0.3 is 0 Å². The Bertz CT molecular complexity index is 331. The van der Waals surface area contributed by atoms with E-state index in [4.69, 9.17) is 9.47 Å². The van der Waals surface area contributed by atoms with Gasteiger partial charge in [-0.05, 0) is 38.5 Å². The van der Waals surface area contributed by atoms with Crippen LogP contribution < -0.4 is 10.6 Å². The van der Waals surface area contributed by atoms with Gasteiger partial charge in [0.15, 0.2) is 0 Å². The summed E-state index contributed by atoms with van der Waals surface area (Å²) in [7, 11) is 0. The van der Waals surface area contributed by atoms with E-state index < -0.39 is 0 Å². The molecular formula is C15H26N2O3. The third-order valence-corrected chi connectivity index (χ3v) is 4.73. The van der Waals surface area contributed by atoms with Crippen molar-refractivity contribution < 1.29 is 14.3 Å². The van der Waals surface area contributed by atoms with E-state index in [1.165, 1.54) is 6.42 Å². The van der Waals surface area contributed by atoms with Crippen LogP contribution in [0.25, 0.3) is 0 Å². The standard InChI is InChI=1S/C15H26N2O3/c18-15(13-9-11-4-5-14(13)17-11)16-6-2-7-19-10-12-3-1-8-20-12/h11-14,17H,1-10H2,(H,16,18). The van der Waals surface area contributed by atoms with Crippen LogP contribution in [0.2, 0.25) is 0 Å². The lowest BCUT2D eigenvalue weighted by Crippen LogP contribution is -2.38. The molecule has 0 saturated carbocycles. The SMILES string of the molecule is O=C(NCCCOCC1CCCO1)C1CC2CCC1N2. The van der Waals surface area contributed by atoms with Gasteiger partial charge in [0.1, 0.15) is 0 Å². The van der Waals surface area contributed by atoms with Gasteiger partial charge in [-0.2, -0.15) is 0 Å². The minimum atomic E-state index is 0.196. The Kier molecular flexibility index (Phi) is 4.91. The first-order valence-corrected chi connectivity index (χ1v) is 8.06. The highest BCUT2D eigenvalue weighted by Crippen LogP contribution is 2.33. The van der Waals surface area contributed by atoms with Gasteiger partial charge in [0.05, 0.1) is 18.6 Å². The molecule has 4 unspecified atom stereocenters. The lowest BCUT2D eigenvalue weighted by Gasteiger charge is -2.19. The van der Waals surface area contributed by atoms with Crippen LogP contribution in [0, 0.1) is 5.92 Å². The molecule has 2 bridgehead atoms. The molecule has 2 N–H and O–H groups in total. The molecule has 5 heteroatoms. The first kappa shape index (κ1) is 14.3. The Labute approximate surface area is 120 Å². The molecule has 3 aliphatic heterocycles. The first-order valence-electron chi connectivity index (χ1n) is 8.06. The van der Waals surface area contributed by atoms with E-state index in [0.29, 0.717) is 31.4 Å². The second kappa shape index (κ2) is 6.87. The van der Waals surface area contributed by atoms with Crippen LogP contribution in [-0.4, -0.2) is 50.5 Å². The van der Waals surface area contributed by atoms with Gasteiger partial charge in [0.25, 0.3) is 0 Å². The van der Waals surface area contributed by atoms with Gasteiger partial charge < -0.3 is 20.1 Å². The molecule has 0 aromatic carbocycles. The van der Waals surface area contributed by atoms with Gasteiger partial charge in [0, 0.05) is 31.8 Å². The van der Waals surface area contributed by atoms with Crippen molar-refractivity contribution >= 4 is 5.91 Å². The maximum absolute atomic E-state index is 12.1. The highest BCUT2D eigenvalue weighted by atomic mass is 16.5. The fourth-order valence-corrected chi connectivity index (χ4v) is 3.62. The summed E-state index contributed by atoms with van der Waals surface area (Å²) in [4.78, 5) is 12.1. The highest BCUT2D eigenvalue weighted by Gasteiger charge is 2.42. The quantitative estimate of drug-likeness (QED) is 0.679. The van der Waals surface area contributed by atoms with Crippen LogP contribution in [0.3, 0.4) is 0 Å². The maximum atomic E-state index is 12.1. The van der Waals surface area contributed by atoms with Gasteiger partial charge in [-0.15, -0.1) is 0 Å². The largest absolute Gasteiger partial charge is 0.379 e. The normalized spacial score (nSPS) is 35.6. The minimum absolute atomic E-state index is 0.196. The molecule has 3 saturated heterocycles. The summed E-state index contributed by atoms with van der Waals surface area (Å²) in [5, 5.41) is 6.55. The Hall–Kier alpha value is -0.650. The number of carbonyl (C=O) groups excluding carboxylic acids is 1. The van der Waals surface area contributed by atoms with Crippen molar-refractivity contribution in [2.24, 2.45) is 5.92 Å². The van der Waals surface area contributed by atoms with Gasteiger partial charge in [-0.3, -0.25) is 4.79 Å². The lowest BCUT2D eigenvalue weighted by molar-refractivity contribution is -0.125. The van der Waals surface area contributed by atoms with Crippen LogP contribution in [-0.2, 0) is 14.3 Å². The van der Waals surface area contributed by atoms with Crippen molar-refractivity contribution in [3.63, 3.8) is 0 Å². The fourth-order valence-electron chi connectivity index (χ4n) is 3.62. The summed E-state index contributed by atoms with van der Waals surface area (Å²) in [6.07, 6.45) is 6.87. The Morgan fingerprint density at radius 3 is 3.00 bits per heavy atom. The summed E-state index contributed by atoms with van der Waals surface area (Å²) in [6.45, 7) is 3.00. The maximum Gasteiger partial charge on any atom is 0.224 e. The zero-order chi connectivity index (χ0) is 13.8. The van der Waals surface area contributed by atoms with Crippen molar-refractivity contribution in [1.82, 2.24) is 10.6 Å². The molecule has 3 rings (SSSR count). The monoisotopic (exact) mass is 282 g/mol. The molecule has 0 spiro atoms. The van der Waals surface area contributed by atoms with E-state index in [9.17, 15) is 4.79 Å². The van der Waals surface area contributed by atoms with E-state index in [0.717, 1.165) is 45.3 Å². The third-order valence-electron chi connectivity index (χ3n) is 4.73. The van der Waals surface area contributed by atoms with E-state index in [-0.39, 0.29) is 11.8 Å². The number of nitrogens with one attached hydrogen (secondary N) is 2. The molecule has 4 atom stereocenters. The molecule has 114 valence electrons. The van der Waals surface area contributed by atoms with Crippen LogP contribution >= 0.6 is 0 Å². The van der Waals surface area contributed by atoms with Crippen molar-refractivity contribution in [2.75, 3.05) is 26.4 Å². The molecule has 5 nitrogen and oxygen atoms in total. The molecule has 20 heavy (non-hydrogen) atoms. The van der Waals surface area contributed by atoms with Crippen molar-refractivity contribution in [2.45, 2.75) is 56.7 Å². The average molecular weight is 282 g/mol. The molecule has 3 heterocycles. The zero-order valence-corrected chi connectivity index (χ0v) is 12.1. The summed E-state index contributed by atoms with van der Waals surface area (Å²) < 4.78 is 11.1. The van der Waals surface area contributed by atoms with Gasteiger partial charge in [0.2, 0.25) is 5.91 Å². The lowest BCUT2D eigenvalue weighted by atomic mass is 9.88. The van der Waals surface area contributed by atoms with Gasteiger partial charge in [-0.1, -0.05) is 0 Å². The number of rotatable bonds is 7. The Morgan fingerprint density at radius 1 is 1.35 bits per heavy atom. The smallest absolute Gasteiger partial charge is 0.224 e. The summed E-state index contributed by atoms with van der Waals surface area (Å²) in [6, 6.07) is 1.02. The second-order valence-electron chi connectivity index (χ2n) is 6.24. The minimum Gasteiger partial charge on any atom is -0.379 e. The van der Waals surface area contributed by atoms with E-state index in [2.05, 4.69) is 10.6 Å². The van der Waals surface area contributed by atoms with Crippen molar-refractivity contribution in [3.8, 4) is 0 Å². The fraction of sp³-hybridized carbons (Fsp3) is 0.933. The van der Waals surface area contributed by atoms with Gasteiger partial charge in [-0.25, -0.2) is 0 Å². The number of amides is 1. The number of fused-ring (bicyclic) bond motifs is 2. The molecule has 0 radical (unpaired) electrons. The van der Waals surface area contributed by atoms with Crippen LogP contribution in [0.4, 0.5) is 0 Å². The van der Waals surface area contributed by atoms with Crippen molar-refractivity contribution in [1.29, 1.82) is 0 Å². The van der Waals surface area contributed by atoms with Crippen LogP contribution in [0.5, 0.6) is 0 Å². The van der Waals surface area contributed by atoms with E-state index in [1.807, 2.05) is 0 Å². The molecule has 0 aromatic heterocycles. The highest BCUT2D eigenvalue weighted by molar-refractivity contribution is 5.80. The van der Waals surface area contributed by atoms with Crippen molar-refractivity contribution in [3.05, 3.63) is 0 Å². The number of hydrogen-bond acceptors (Lipinski definition) is 4. The third kappa shape index (κ3) is 3.51. The topological polar surface area (TPSA) is 59.6 Å². The predicted octanol–water partition coefficient (Wildman–Crippen LogP) is 0.829. The number of hydrogen-bond donors (Lipinski definition) is 2. The number of carbonyl (C=O) groups is 1. The molecular weight excluding hydrogens is 256 g/mol.